The summed E-state index contributed by atoms with van der Waals surface area (Å²) in [5, 5.41) is 10.0. The van der Waals surface area contributed by atoms with Gasteiger partial charge in [0.15, 0.2) is 0 Å². The molecule has 3 rings (SSSR count). The molecule has 3 fully saturated rings. The number of carbonyl (C=O) groups excluding carboxylic acids is 1. The summed E-state index contributed by atoms with van der Waals surface area (Å²) >= 11 is -2.62. The SMILES string of the molecule is C[I-]C(C)(C(=O)OC1(C(O)(C(F)(F)F)C(F)(F)F)CCCCC1)C12NI1N2. The van der Waals surface area contributed by atoms with Crippen molar-refractivity contribution in [2.75, 3.05) is 4.93 Å². The number of halogens is 8. The van der Waals surface area contributed by atoms with Crippen LogP contribution in [0.1, 0.15) is 39.0 Å². The fourth-order valence-electron chi connectivity index (χ4n) is 3.54. The number of hydrogen-bond donors (Lipinski definition) is 3. The summed E-state index contributed by atoms with van der Waals surface area (Å²) in [7, 11) is 0. The quantitative estimate of drug-likeness (QED) is 0.0743. The van der Waals surface area contributed by atoms with Gasteiger partial charge in [0.2, 0.25) is 0 Å². The topological polar surface area (TPSA) is 90.4 Å². The molecule has 3 aliphatic rings. The molecule has 0 spiro atoms. The van der Waals surface area contributed by atoms with Crippen molar-refractivity contribution >= 4 is 26.3 Å². The predicted molar refractivity (Wildman–Crippen MR) is 86.3 cm³/mol. The molecule has 0 bridgehead atoms. The summed E-state index contributed by atoms with van der Waals surface area (Å²) in [5.74, 6) is -1.09. The Morgan fingerprint density at radius 1 is 1.07 bits per heavy atom. The zero-order valence-corrected chi connectivity index (χ0v) is 18.6. The molecule has 1 saturated carbocycles. The second kappa shape index (κ2) is 6.44. The Balaban J connectivity index is 2.01. The van der Waals surface area contributed by atoms with E-state index in [1.807, 2.05) is 0 Å². The molecule has 0 amide bonds. The van der Waals surface area contributed by atoms with Crippen LogP contribution in [0.25, 0.3) is 0 Å². The maximum absolute atomic E-state index is 13.5. The van der Waals surface area contributed by atoms with Gasteiger partial charge in [0.05, 0.1) is 0 Å². The molecule has 5 nitrogen and oxygen atoms in total. The summed E-state index contributed by atoms with van der Waals surface area (Å²) in [6, 6.07) is 0. The molecule has 0 aromatic rings. The maximum atomic E-state index is 13.5. The van der Waals surface area contributed by atoms with Gasteiger partial charge < -0.3 is 0 Å². The van der Waals surface area contributed by atoms with Gasteiger partial charge in [-0.3, -0.25) is 0 Å². The van der Waals surface area contributed by atoms with Crippen molar-refractivity contribution in [2.45, 2.75) is 69.7 Å². The second-order valence-electron chi connectivity index (χ2n) is 6.97. The minimum absolute atomic E-state index is 0.000220. The zero-order chi connectivity index (χ0) is 20.5. The third-order valence-electron chi connectivity index (χ3n) is 5.50. The molecular formula is C14H19F6I2N2O3-. The number of carbonyl (C=O) groups is 1. The normalized spacial score (nSPS) is 27.5. The summed E-state index contributed by atoms with van der Waals surface area (Å²) in [6.07, 6.45) is -13.0. The van der Waals surface area contributed by atoms with Crippen molar-refractivity contribution in [1.29, 1.82) is 0 Å². The van der Waals surface area contributed by atoms with E-state index in [1.54, 1.807) is 4.93 Å². The molecule has 1 atom stereocenters. The first-order valence-electron chi connectivity index (χ1n) is 8.06. The van der Waals surface area contributed by atoms with E-state index >= 15 is 0 Å². The van der Waals surface area contributed by atoms with Crippen molar-refractivity contribution in [2.24, 2.45) is 0 Å². The van der Waals surface area contributed by atoms with Crippen LogP contribution in [-0.4, -0.2) is 46.7 Å². The number of ether oxygens (including phenoxy) is 1. The van der Waals surface area contributed by atoms with Crippen molar-refractivity contribution in [3.63, 3.8) is 0 Å². The minimum atomic E-state index is -6.03. The van der Waals surface area contributed by atoms with Crippen molar-refractivity contribution in [3.05, 3.63) is 0 Å². The van der Waals surface area contributed by atoms with E-state index < -0.39 is 91.0 Å². The standard InChI is InChI=1S/C14H19F6I2N2O3/c1-9(21-2,14-22(23-14)24-14)8(25)27-10(6-4-3-5-7-10)11(26,12(15,16)17)13(18,19)20/h23-24,26H,3-7H2,1-2H3/q-1. The van der Waals surface area contributed by atoms with Crippen LogP contribution in [0.15, 0.2) is 0 Å². The number of esters is 1. The fourth-order valence-corrected chi connectivity index (χ4v) is 13.8. The van der Waals surface area contributed by atoms with Gasteiger partial charge in [-0.05, 0) is 0 Å². The molecule has 0 radical (unpaired) electrons. The third kappa shape index (κ3) is 3.00. The van der Waals surface area contributed by atoms with Crippen LogP contribution >= 0.6 is 20.4 Å². The molecule has 2 saturated heterocycles. The Kier molecular flexibility index (Phi) is 5.27. The Morgan fingerprint density at radius 3 is 1.85 bits per heavy atom. The van der Waals surface area contributed by atoms with Gasteiger partial charge in [0, 0.05) is 0 Å². The molecule has 2 heterocycles. The van der Waals surface area contributed by atoms with E-state index in [1.165, 1.54) is 6.92 Å². The van der Waals surface area contributed by atoms with Gasteiger partial charge in [0.25, 0.3) is 0 Å². The number of alkyl halides is 9. The molecule has 1 aliphatic carbocycles. The predicted octanol–water partition coefficient (Wildman–Crippen LogP) is -0.238. The molecule has 27 heavy (non-hydrogen) atoms. The van der Waals surface area contributed by atoms with Gasteiger partial charge in [-0.2, -0.15) is 0 Å². The van der Waals surface area contributed by atoms with Crippen molar-refractivity contribution < 1.29 is 62.2 Å². The number of nitrogens with one attached hydrogen (secondary N) is 2. The monoisotopic (exact) mass is 631 g/mol. The van der Waals surface area contributed by atoms with Crippen molar-refractivity contribution in [3.8, 4) is 0 Å². The van der Waals surface area contributed by atoms with Crippen LogP contribution in [0.3, 0.4) is 0 Å². The Bertz CT molecular complexity index is 617. The van der Waals surface area contributed by atoms with E-state index in [0.29, 0.717) is 6.42 Å². The van der Waals surface area contributed by atoms with Gasteiger partial charge in [-0.1, -0.05) is 0 Å². The Morgan fingerprint density at radius 2 is 1.52 bits per heavy atom. The van der Waals surface area contributed by atoms with Crippen LogP contribution in [0, 0.1) is 0 Å². The van der Waals surface area contributed by atoms with Crippen molar-refractivity contribution in [1.82, 2.24) is 7.06 Å². The van der Waals surface area contributed by atoms with E-state index in [-0.39, 0.29) is 12.8 Å². The summed E-state index contributed by atoms with van der Waals surface area (Å²) in [6.45, 7) is 1.52. The zero-order valence-electron chi connectivity index (χ0n) is 14.3. The first-order chi connectivity index (χ1) is 12.2. The average molecular weight is 631 g/mol. The molecule has 0 aromatic carbocycles. The number of aliphatic hydroxyl groups is 1. The summed E-state index contributed by atoms with van der Waals surface area (Å²) < 4.78 is 90.7. The molecule has 3 N–H and O–H groups in total. The first kappa shape index (κ1) is 22.1. The summed E-state index contributed by atoms with van der Waals surface area (Å²) in [4.78, 5) is 14.6. The van der Waals surface area contributed by atoms with Crippen LogP contribution in [0.4, 0.5) is 26.3 Å². The van der Waals surface area contributed by atoms with E-state index in [9.17, 15) is 36.2 Å². The molecule has 1 unspecified atom stereocenters. The molecule has 2 aliphatic heterocycles. The molecular weight excluding hydrogens is 612 g/mol. The third-order valence-corrected chi connectivity index (χ3v) is 14.8. The molecule has 160 valence electrons. The Hall–Kier alpha value is 0.390. The molecule has 0 aromatic heterocycles. The van der Waals surface area contributed by atoms with Crippen LogP contribution in [-0.2, 0) is 9.53 Å². The van der Waals surface area contributed by atoms with Gasteiger partial charge >= 0.3 is 170 Å². The van der Waals surface area contributed by atoms with E-state index in [2.05, 4.69) is 7.06 Å². The summed E-state index contributed by atoms with van der Waals surface area (Å²) in [5.41, 5.74) is -8.18. The first-order valence-corrected chi connectivity index (χ1v) is 14.5. The number of fused-ring (bicyclic) bond motifs is 1. The van der Waals surface area contributed by atoms with Gasteiger partial charge in [-0.25, -0.2) is 0 Å². The van der Waals surface area contributed by atoms with E-state index in [4.69, 9.17) is 4.74 Å². The molecule has 13 heteroatoms. The van der Waals surface area contributed by atoms with E-state index in [0.717, 1.165) is 0 Å². The Labute approximate surface area is 169 Å². The number of rotatable bonds is 5. The number of hydrogen-bond acceptors (Lipinski definition) is 5. The fraction of sp³-hybridized carbons (Fsp3) is 0.929. The van der Waals surface area contributed by atoms with Crippen LogP contribution in [0.2, 0.25) is 0 Å². The van der Waals surface area contributed by atoms with Gasteiger partial charge in [-0.15, -0.1) is 0 Å². The van der Waals surface area contributed by atoms with Crippen LogP contribution < -0.4 is 28.3 Å². The van der Waals surface area contributed by atoms with Gasteiger partial charge in [0.1, 0.15) is 0 Å². The second-order valence-corrected chi connectivity index (χ2v) is 14.5. The van der Waals surface area contributed by atoms with Crippen LogP contribution in [0.5, 0.6) is 0 Å². The average Bonchev–Trinajstić information content (AvgIpc) is 3.42.